The van der Waals surface area contributed by atoms with Gasteiger partial charge in [-0.2, -0.15) is 0 Å². The molecule has 12 aromatic carbocycles. The molecule has 0 unspecified atom stereocenters. The van der Waals surface area contributed by atoms with Crippen molar-refractivity contribution in [3.05, 3.63) is 277 Å². The largest absolute Gasteiger partial charge is 0.309 e. The molecule has 16 rings (SSSR count). The van der Waals surface area contributed by atoms with Crippen molar-refractivity contribution < 1.29 is 0 Å². The summed E-state index contributed by atoms with van der Waals surface area (Å²) in [4.78, 5) is 0. The number of hydrogen-bond acceptors (Lipinski definition) is 0. The lowest BCUT2D eigenvalue weighted by molar-refractivity contribution is 1.11. The lowest BCUT2D eigenvalue weighted by atomic mass is 9.82. The Morgan fingerprint density at radius 2 is 0.590 bits per heavy atom. The Labute approximate surface area is 452 Å². The molecule has 0 radical (unpaired) electrons. The zero-order valence-electron chi connectivity index (χ0n) is 42.9. The summed E-state index contributed by atoms with van der Waals surface area (Å²) in [6.07, 6.45) is 20.1. The second-order valence-corrected chi connectivity index (χ2v) is 20.9. The molecular formula is C76H50N2. The molecule has 2 aromatic heterocycles. The SMILES string of the molecule is C1=Cc2c(n(-c3ccc(-c4c5ccccc5c(-c5ccc(-n6c7c(c8ccccc86)C=CCC=C7)cc5)c5cc(-c6c7ccccc7c(-c7ccc8ccccc8c7)c7ccccc67)ccc45)cc3)c3ccccc23)C=CC1. The molecular weight excluding hydrogens is 941 g/mol. The molecule has 0 spiro atoms. The van der Waals surface area contributed by atoms with E-state index < -0.39 is 0 Å². The number of aromatic nitrogens is 2. The van der Waals surface area contributed by atoms with Crippen molar-refractivity contribution in [3.8, 4) is 55.9 Å². The Kier molecular flexibility index (Phi) is 10.1. The molecule has 2 aliphatic carbocycles. The molecule has 0 amide bonds. The molecule has 2 heteroatoms. The zero-order valence-corrected chi connectivity index (χ0v) is 42.9. The van der Waals surface area contributed by atoms with Crippen molar-refractivity contribution in [2.45, 2.75) is 12.8 Å². The number of allylic oxidation sites excluding steroid dienone is 4. The Morgan fingerprint density at radius 3 is 1.08 bits per heavy atom. The molecule has 364 valence electrons. The van der Waals surface area contributed by atoms with Crippen LogP contribution < -0.4 is 0 Å². The van der Waals surface area contributed by atoms with Crippen LogP contribution >= 0.6 is 0 Å². The predicted molar refractivity (Wildman–Crippen MR) is 335 cm³/mol. The first-order chi connectivity index (χ1) is 38.7. The highest BCUT2D eigenvalue weighted by molar-refractivity contribution is 6.25. The van der Waals surface area contributed by atoms with Crippen molar-refractivity contribution in [2.24, 2.45) is 0 Å². The van der Waals surface area contributed by atoms with E-state index in [-0.39, 0.29) is 0 Å². The van der Waals surface area contributed by atoms with Crippen LogP contribution in [0.1, 0.15) is 35.4 Å². The molecule has 0 saturated heterocycles. The first-order valence-electron chi connectivity index (χ1n) is 27.3. The Hall–Kier alpha value is -10.0. The maximum atomic E-state index is 2.50. The van der Waals surface area contributed by atoms with Crippen LogP contribution in [0.25, 0.3) is 156 Å². The van der Waals surface area contributed by atoms with Crippen LogP contribution in [0.2, 0.25) is 0 Å². The van der Waals surface area contributed by atoms with Crippen molar-refractivity contribution in [3.63, 3.8) is 0 Å². The van der Waals surface area contributed by atoms with E-state index in [4.69, 9.17) is 0 Å². The Bertz CT molecular complexity index is 4880. The summed E-state index contributed by atoms with van der Waals surface area (Å²) in [6.45, 7) is 0. The van der Waals surface area contributed by atoms with Gasteiger partial charge in [-0.25, -0.2) is 0 Å². The van der Waals surface area contributed by atoms with E-state index in [0.717, 1.165) is 24.2 Å². The van der Waals surface area contributed by atoms with Gasteiger partial charge in [-0.1, -0.05) is 218 Å². The third kappa shape index (κ3) is 6.83. The Balaban J connectivity index is 0.938. The van der Waals surface area contributed by atoms with Gasteiger partial charge in [0, 0.05) is 33.3 Å². The van der Waals surface area contributed by atoms with Crippen LogP contribution in [0.4, 0.5) is 0 Å². The van der Waals surface area contributed by atoms with Gasteiger partial charge in [-0.3, -0.25) is 0 Å². The molecule has 0 N–H and O–H groups in total. The summed E-state index contributed by atoms with van der Waals surface area (Å²) in [6, 6.07) is 86.4. The second-order valence-electron chi connectivity index (χ2n) is 20.9. The van der Waals surface area contributed by atoms with Crippen LogP contribution in [0.15, 0.2) is 255 Å². The van der Waals surface area contributed by atoms with Crippen molar-refractivity contribution in [2.75, 3.05) is 0 Å². The maximum Gasteiger partial charge on any atom is 0.0541 e. The number of hydrogen-bond donors (Lipinski definition) is 0. The van der Waals surface area contributed by atoms with Gasteiger partial charge >= 0.3 is 0 Å². The average Bonchev–Trinajstić information content (AvgIpc) is 3.86. The quantitative estimate of drug-likeness (QED) is 0.147. The summed E-state index contributed by atoms with van der Waals surface area (Å²) in [5, 5.41) is 14.9. The third-order valence-corrected chi connectivity index (χ3v) is 16.7. The standard InChI is InChI=1S/C76H50N2/c1-3-21-57-59-23-15-17-33-71(59)77(69(57)31-5-1)55-42-37-50(38-43-55)73-61-25-9-10-26-62(61)74(51-39-44-56(45-40-51)78-70-32-6-2-4-22-58(70)60-24-16-18-34-72(60)78)68-48-54(41-46-67(68)73)76-65-29-13-11-27-63(65)75(64-28-12-14-30-66(64)76)53-36-35-49-19-7-8-20-52(49)47-53/h3-48H,1-2H2. The average molecular weight is 991 g/mol. The van der Waals surface area contributed by atoms with Crippen LogP contribution in [-0.4, -0.2) is 9.13 Å². The molecule has 0 aliphatic heterocycles. The van der Waals surface area contributed by atoms with Crippen LogP contribution in [0.5, 0.6) is 0 Å². The molecule has 78 heavy (non-hydrogen) atoms. The van der Waals surface area contributed by atoms with Crippen molar-refractivity contribution in [1.82, 2.24) is 9.13 Å². The fourth-order valence-corrected chi connectivity index (χ4v) is 13.3. The van der Waals surface area contributed by atoms with E-state index in [1.54, 1.807) is 0 Å². The number of fused-ring (bicyclic) bond motifs is 11. The predicted octanol–water partition coefficient (Wildman–Crippen LogP) is 20.9. The van der Waals surface area contributed by atoms with Crippen LogP contribution in [0.3, 0.4) is 0 Å². The van der Waals surface area contributed by atoms with Gasteiger partial charge in [0.25, 0.3) is 0 Å². The van der Waals surface area contributed by atoms with Crippen LogP contribution in [0, 0.1) is 0 Å². The summed E-state index contributed by atoms with van der Waals surface area (Å²) in [7, 11) is 0. The van der Waals surface area contributed by atoms with Crippen molar-refractivity contribution >= 4 is 100.0 Å². The molecule has 0 fully saturated rings. The summed E-state index contributed by atoms with van der Waals surface area (Å²) in [5.41, 5.74) is 19.5. The van der Waals surface area contributed by atoms with E-state index in [1.807, 2.05) is 0 Å². The topological polar surface area (TPSA) is 9.86 Å². The Morgan fingerprint density at radius 1 is 0.244 bits per heavy atom. The highest BCUT2D eigenvalue weighted by Gasteiger charge is 2.23. The van der Waals surface area contributed by atoms with E-state index in [2.05, 4.69) is 288 Å². The molecule has 2 nitrogen and oxygen atoms in total. The maximum absolute atomic E-state index is 2.50. The van der Waals surface area contributed by atoms with E-state index in [1.165, 1.54) is 143 Å². The van der Waals surface area contributed by atoms with Crippen molar-refractivity contribution in [1.29, 1.82) is 0 Å². The fourth-order valence-electron chi connectivity index (χ4n) is 13.3. The molecule has 0 saturated carbocycles. The minimum atomic E-state index is 0.923. The number of rotatable bonds is 6. The normalized spacial score (nSPS) is 13.1. The molecule has 14 aromatic rings. The zero-order chi connectivity index (χ0) is 51.3. The van der Waals surface area contributed by atoms with Gasteiger partial charge in [0.1, 0.15) is 0 Å². The summed E-state index contributed by atoms with van der Waals surface area (Å²) in [5.74, 6) is 0. The molecule has 2 aliphatic rings. The molecule has 0 atom stereocenters. The second kappa shape index (κ2) is 17.8. The fraction of sp³-hybridized carbons (Fsp3) is 0.0263. The smallest absolute Gasteiger partial charge is 0.0541 e. The first-order valence-corrected chi connectivity index (χ1v) is 27.3. The van der Waals surface area contributed by atoms with E-state index in [9.17, 15) is 0 Å². The third-order valence-electron chi connectivity index (χ3n) is 16.7. The number of para-hydroxylation sites is 2. The highest BCUT2D eigenvalue weighted by Crippen LogP contribution is 2.49. The van der Waals surface area contributed by atoms with Gasteiger partial charge in [-0.15, -0.1) is 0 Å². The first kappa shape index (κ1) is 44.3. The number of nitrogens with zero attached hydrogens (tertiary/aromatic N) is 2. The van der Waals surface area contributed by atoms with Crippen LogP contribution in [-0.2, 0) is 0 Å². The summed E-state index contributed by atoms with van der Waals surface area (Å²) >= 11 is 0. The van der Waals surface area contributed by atoms with Gasteiger partial charge in [0.2, 0.25) is 0 Å². The monoisotopic (exact) mass is 990 g/mol. The lowest BCUT2D eigenvalue weighted by Crippen LogP contribution is -1.98. The van der Waals surface area contributed by atoms with Gasteiger partial charge in [0.05, 0.1) is 22.4 Å². The minimum absolute atomic E-state index is 0.923. The van der Waals surface area contributed by atoms with E-state index >= 15 is 0 Å². The number of benzene rings is 12. The van der Waals surface area contributed by atoms with Gasteiger partial charge < -0.3 is 9.13 Å². The highest BCUT2D eigenvalue weighted by atomic mass is 15.0. The minimum Gasteiger partial charge on any atom is -0.309 e. The van der Waals surface area contributed by atoms with E-state index in [0.29, 0.717) is 0 Å². The molecule has 2 heterocycles. The lowest BCUT2D eigenvalue weighted by Gasteiger charge is -2.21. The molecule has 0 bridgehead atoms. The van der Waals surface area contributed by atoms with Gasteiger partial charge in [-0.05, 0) is 172 Å². The van der Waals surface area contributed by atoms with Gasteiger partial charge in [0.15, 0.2) is 0 Å². The summed E-state index contributed by atoms with van der Waals surface area (Å²) < 4.78 is 4.86.